The molecule has 0 aliphatic carbocycles. The second-order valence-corrected chi connectivity index (χ2v) is 4.06. The first-order chi connectivity index (χ1) is 10.1. The molecule has 4 nitrogen and oxygen atoms in total. The van der Waals surface area contributed by atoms with Gasteiger partial charge in [-0.1, -0.05) is 12.1 Å². The van der Waals surface area contributed by atoms with Crippen LogP contribution in [0.3, 0.4) is 0 Å². The maximum atomic E-state index is 13.8. The summed E-state index contributed by atoms with van der Waals surface area (Å²) < 4.78 is 19.3. The quantitative estimate of drug-likeness (QED) is 0.870. The summed E-state index contributed by atoms with van der Waals surface area (Å²) in [5.74, 6) is -1.25. The predicted octanol–water partition coefficient (Wildman–Crippen LogP) is 3.59. The zero-order valence-corrected chi connectivity index (χ0v) is 10.8. The highest BCUT2D eigenvalue weighted by Crippen LogP contribution is 2.28. The van der Waals surface area contributed by atoms with Gasteiger partial charge in [0.25, 0.3) is 0 Å². The van der Waals surface area contributed by atoms with E-state index in [1.807, 2.05) is 6.07 Å². The van der Waals surface area contributed by atoms with Gasteiger partial charge in [0.05, 0.1) is 17.2 Å². The average Bonchev–Trinajstić information content (AvgIpc) is 2.46. The Morgan fingerprint density at radius 3 is 2.76 bits per heavy atom. The molecule has 0 saturated heterocycles. The van der Waals surface area contributed by atoms with Gasteiger partial charge in [-0.15, -0.1) is 0 Å². The highest BCUT2D eigenvalue weighted by molar-refractivity contribution is 5.86. The Hall–Kier alpha value is -3.13. The molecule has 0 saturated carbocycles. The minimum Gasteiger partial charge on any atom is -0.478 e. The summed E-state index contributed by atoms with van der Waals surface area (Å²) in [5, 5.41) is 17.5. The summed E-state index contributed by atoms with van der Waals surface area (Å²) in [5.41, 5.74) is 0.439. The van der Waals surface area contributed by atoms with Gasteiger partial charge in [-0.2, -0.15) is 5.26 Å². The molecule has 0 radical (unpaired) electrons. The summed E-state index contributed by atoms with van der Waals surface area (Å²) in [4.78, 5) is 10.6. The van der Waals surface area contributed by atoms with Crippen LogP contribution in [0.25, 0.3) is 6.08 Å². The van der Waals surface area contributed by atoms with Crippen LogP contribution in [0.5, 0.6) is 11.5 Å². The van der Waals surface area contributed by atoms with Crippen LogP contribution < -0.4 is 4.74 Å². The van der Waals surface area contributed by atoms with Crippen LogP contribution in [0.15, 0.2) is 48.5 Å². The van der Waals surface area contributed by atoms with E-state index in [0.717, 1.165) is 12.2 Å². The normalized spacial score (nSPS) is 10.3. The molecular weight excluding hydrogens is 273 g/mol. The number of carbonyl (C=O) groups is 1. The molecule has 1 N–H and O–H groups in total. The minimum atomic E-state index is -1.18. The molecule has 2 rings (SSSR count). The fourth-order valence-electron chi connectivity index (χ4n) is 1.68. The third kappa shape index (κ3) is 3.67. The molecule has 0 aliphatic rings. The van der Waals surface area contributed by atoms with E-state index < -0.39 is 11.8 Å². The van der Waals surface area contributed by atoms with Gasteiger partial charge >= 0.3 is 5.97 Å². The van der Waals surface area contributed by atoms with Crippen molar-refractivity contribution in [2.24, 2.45) is 0 Å². The number of nitriles is 1. The lowest BCUT2D eigenvalue weighted by Gasteiger charge is -2.09. The Morgan fingerprint density at radius 1 is 1.29 bits per heavy atom. The minimum absolute atomic E-state index is 0.0299. The number of halogens is 1. The van der Waals surface area contributed by atoms with Crippen molar-refractivity contribution in [3.8, 4) is 17.6 Å². The van der Waals surface area contributed by atoms with Crippen molar-refractivity contribution in [2.45, 2.75) is 0 Å². The third-order valence-corrected chi connectivity index (χ3v) is 2.60. The van der Waals surface area contributed by atoms with Crippen LogP contribution in [0.4, 0.5) is 4.39 Å². The molecule has 104 valence electrons. The van der Waals surface area contributed by atoms with E-state index in [0.29, 0.717) is 11.3 Å². The summed E-state index contributed by atoms with van der Waals surface area (Å²) in [7, 11) is 0. The van der Waals surface area contributed by atoms with Crippen LogP contribution in [-0.4, -0.2) is 11.1 Å². The lowest BCUT2D eigenvalue weighted by molar-refractivity contribution is -0.131. The Balaban J connectivity index is 2.37. The van der Waals surface area contributed by atoms with Gasteiger partial charge in [0, 0.05) is 6.08 Å². The maximum Gasteiger partial charge on any atom is 0.328 e. The predicted molar refractivity (Wildman–Crippen MR) is 74.3 cm³/mol. The Kier molecular flexibility index (Phi) is 4.32. The molecule has 0 aromatic heterocycles. The number of carboxylic acids is 1. The first-order valence-corrected chi connectivity index (χ1v) is 5.97. The van der Waals surface area contributed by atoms with E-state index in [4.69, 9.17) is 15.1 Å². The number of carboxylic acid groups (broad SMARTS) is 1. The number of nitrogens with zero attached hydrogens (tertiary/aromatic N) is 1. The van der Waals surface area contributed by atoms with Crippen molar-refractivity contribution in [3.63, 3.8) is 0 Å². The molecule has 21 heavy (non-hydrogen) atoms. The molecule has 2 aromatic carbocycles. The molecule has 0 fully saturated rings. The Bertz CT molecular complexity index is 747. The third-order valence-electron chi connectivity index (χ3n) is 2.60. The maximum absolute atomic E-state index is 13.8. The molecule has 2 aromatic rings. The molecule has 0 aliphatic heterocycles. The first-order valence-electron chi connectivity index (χ1n) is 5.97. The molecule has 0 atom stereocenters. The number of benzene rings is 2. The number of ether oxygens (including phenoxy) is 1. The van der Waals surface area contributed by atoms with Crippen molar-refractivity contribution >= 4 is 12.0 Å². The van der Waals surface area contributed by atoms with E-state index in [1.165, 1.54) is 24.3 Å². The van der Waals surface area contributed by atoms with Crippen molar-refractivity contribution in [1.29, 1.82) is 5.26 Å². The van der Waals surface area contributed by atoms with Crippen LogP contribution in [0, 0.1) is 17.1 Å². The summed E-state index contributed by atoms with van der Waals surface area (Å²) >= 11 is 0. The summed E-state index contributed by atoms with van der Waals surface area (Å²) in [6, 6.07) is 12.5. The van der Waals surface area contributed by atoms with Crippen LogP contribution in [0.1, 0.15) is 11.1 Å². The Labute approximate surface area is 120 Å². The highest BCUT2D eigenvalue weighted by atomic mass is 19.1. The van der Waals surface area contributed by atoms with E-state index in [2.05, 4.69) is 0 Å². The number of rotatable bonds is 4. The van der Waals surface area contributed by atoms with Crippen LogP contribution >= 0.6 is 0 Å². The fraction of sp³-hybridized carbons (Fsp3) is 0. The summed E-state index contributed by atoms with van der Waals surface area (Å²) in [6.07, 6.45) is 1.96. The van der Waals surface area contributed by atoms with Gasteiger partial charge in [0.2, 0.25) is 0 Å². The first kappa shape index (κ1) is 14.3. The van der Waals surface area contributed by atoms with Crippen LogP contribution in [0.2, 0.25) is 0 Å². The van der Waals surface area contributed by atoms with Crippen molar-refractivity contribution in [3.05, 3.63) is 65.5 Å². The topological polar surface area (TPSA) is 70.3 Å². The van der Waals surface area contributed by atoms with Gasteiger partial charge in [-0.3, -0.25) is 0 Å². The van der Waals surface area contributed by atoms with Gasteiger partial charge in [-0.05, 0) is 36.4 Å². The molecule has 0 amide bonds. The summed E-state index contributed by atoms with van der Waals surface area (Å²) in [6.45, 7) is 0. The number of hydrogen-bond acceptors (Lipinski definition) is 3. The smallest absolute Gasteiger partial charge is 0.328 e. The van der Waals surface area contributed by atoms with E-state index in [-0.39, 0.29) is 11.3 Å². The molecule has 0 unspecified atom stereocenters. The molecule has 5 heteroatoms. The standard InChI is InChI=1S/C16H10FNO3/c17-14-5-2-6-15(13(14)7-8-16(19)20)21-12-4-1-3-11(9-12)10-18/h1-9H,(H,19,20)/b8-7+. The zero-order valence-electron chi connectivity index (χ0n) is 10.8. The van der Waals surface area contributed by atoms with Crippen LogP contribution in [-0.2, 0) is 4.79 Å². The fourth-order valence-corrected chi connectivity index (χ4v) is 1.68. The monoisotopic (exact) mass is 283 g/mol. The SMILES string of the molecule is N#Cc1cccc(Oc2cccc(F)c2/C=C/C(=O)O)c1. The zero-order chi connectivity index (χ0) is 15.2. The molecule has 0 heterocycles. The van der Waals surface area contributed by atoms with Gasteiger partial charge < -0.3 is 9.84 Å². The number of aliphatic carboxylic acids is 1. The van der Waals surface area contributed by atoms with Gasteiger partial charge in [0.1, 0.15) is 17.3 Å². The highest BCUT2D eigenvalue weighted by Gasteiger charge is 2.08. The van der Waals surface area contributed by atoms with Gasteiger partial charge in [-0.25, -0.2) is 9.18 Å². The second kappa shape index (κ2) is 6.35. The van der Waals surface area contributed by atoms with E-state index in [1.54, 1.807) is 18.2 Å². The van der Waals surface area contributed by atoms with Gasteiger partial charge in [0.15, 0.2) is 0 Å². The average molecular weight is 283 g/mol. The molecular formula is C16H10FNO3. The lowest BCUT2D eigenvalue weighted by Crippen LogP contribution is -1.93. The lowest BCUT2D eigenvalue weighted by atomic mass is 10.1. The molecule has 0 bridgehead atoms. The van der Waals surface area contributed by atoms with Crippen molar-refractivity contribution in [1.82, 2.24) is 0 Å². The number of hydrogen-bond donors (Lipinski definition) is 1. The van der Waals surface area contributed by atoms with E-state index in [9.17, 15) is 9.18 Å². The molecule has 0 spiro atoms. The van der Waals surface area contributed by atoms with Crippen molar-refractivity contribution < 1.29 is 19.0 Å². The largest absolute Gasteiger partial charge is 0.478 e. The Morgan fingerprint density at radius 2 is 2.05 bits per heavy atom. The van der Waals surface area contributed by atoms with E-state index >= 15 is 0 Å². The van der Waals surface area contributed by atoms with Crippen molar-refractivity contribution in [2.75, 3.05) is 0 Å². The second-order valence-electron chi connectivity index (χ2n) is 4.06.